The Labute approximate surface area is 190 Å². The molecule has 7 nitrogen and oxygen atoms in total. The van der Waals surface area contributed by atoms with Crippen LogP contribution in [0.15, 0.2) is 35.0 Å². The number of nitrogens with two attached hydrogens (primary N) is 1. The molecule has 1 aromatic carbocycles. The molecule has 1 aliphatic rings. The molecule has 1 atom stereocenters. The van der Waals surface area contributed by atoms with Crippen molar-refractivity contribution in [2.75, 3.05) is 6.54 Å². The Kier molecular flexibility index (Phi) is 7.45. The van der Waals surface area contributed by atoms with E-state index >= 15 is 0 Å². The predicted octanol–water partition coefficient (Wildman–Crippen LogP) is 5.86. The minimum atomic E-state index is -0.0942. The number of aryl methyl sites for hydroxylation is 1. The summed E-state index contributed by atoms with van der Waals surface area (Å²) in [4.78, 5) is 6.48. The van der Waals surface area contributed by atoms with Crippen LogP contribution in [0.3, 0.4) is 0 Å². The maximum Gasteiger partial charge on any atom is 0.249 e. The minimum Gasteiger partial charge on any atom is -0.370 e. The summed E-state index contributed by atoms with van der Waals surface area (Å²) in [5.74, 6) is 1.20. The Morgan fingerprint density at radius 1 is 1.12 bits per heavy atom. The van der Waals surface area contributed by atoms with Gasteiger partial charge in [-0.3, -0.25) is 5.41 Å². The largest absolute Gasteiger partial charge is 0.370 e. The van der Waals surface area contributed by atoms with Crippen LogP contribution in [0, 0.1) is 5.41 Å². The lowest BCUT2D eigenvalue weighted by atomic mass is 10.1. The summed E-state index contributed by atoms with van der Waals surface area (Å²) in [7, 11) is 0. The second-order valence-electron chi connectivity index (χ2n) is 8.95. The molecule has 3 aromatic rings. The first-order valence-electron chi connectivity index (χ1n) is 12.2. The molecule has 3 heterocycles. The van der Waals surface area contributed by atoms with E-state index in [9.17, 15) is 0 Å². The number of rotatable bonds is 11. The van der Waals surface area contributed by atoms with Crippen molar-refractivity contribution in [3.8, 4) is 11.4 Å². The standard InChI is InChI=1S/C25H36N6O/c1-2-3-4-5-6-7-8-9-15-30-17-14-19-12-13-20(18-22(19)30)23-28-24(32-29-23)21-11-10-16-31(21)25(26)27/h12-14,17-18,21H,2-11,15-16H2,1H3,(H3,26,27). The number of guanidine groups is 1. The van der Waals surface area contributed by atoms with E-state index in [0.29, 0.717) is 11.7 Å². The summed E-state index contributed by atoms with van der Waals surface area (Å²) in [5.41, 5.74) is 7.88. The molecule has 0 saturated carbocycles. The van der Waals surface area contributed by atoms with E-state index in [2.05, 4.69) is 52.1 Å². The third kappa shape index (κ3) is 5.14. The first-order chi connectivity index (χ1) is 15.7. The van der Waals surface area contributed by atoms with E-state index in [0.717, 1.165) is 31.5 Å². The zero-order valence-electron chi connectivity index (χ0n) is 19.2. The fraction of sp³-hybridized carbons (Fsp3) is 0.560. The van der Waals surface area contributed by atoms with Gasteiger partial charge in [0.25, 0.3) is 0 Å². The molecule has 0 bridgehead atoms. The lowest BCUT2D eigenvalue weighted by Gasteiger charge is -2.21. The van der Waals surface area contributed by atoms with Gasteiger partial charge in [0.05, 0.1) is 0 Å². The van der Waals surface area contributed by atoms with Crippen LogP contribution in [0.5, 0.6) is 0 Å². The minimum absolute atomic E-state index is 0.0625. The molecule has 1 saturated heterocycles. The second kappa shape index (κ2) is 10.7. The third-order valence-corrected chi connectivity index (χ3v) is 6.57. The molecular weight excluding hydrogens is 400 g/mol. The predicted molar refractivity (Wildman–Crippen MR) is 128 cm³/mol. The van der Waals surface area contributed by atoms with Crippen LogP contribution >= 0.6 is 0 Å². The van der Waals surface area contributed by atoms with Crippen LogP contribution in [-0.2, 0) is 6.54 Å². The van der Waals surface area contributed by atoms with Gasteiger partial charge in [0.15, 0.2) is 5.96 Å². The summed E-state index contributed by atoms with van der Waals surface area (Å²) in [6, 6.07) is 8.42. The number of likely N-dealkylation sites (tertiary alicyclic amines) is 1. The van der Waals surface area contributed by atoms with E-state index in [4.69, 9.17) is 15.7 Å². The Hall–Kier alpha value is -2.83. The number of fused-ring (bicyclic) bond motifs is 1. The molecule has 172 valence electrons. The molecule has 2 aromatic heterocycles. The van der Waals surface area contributed by atoms with Crippen molar-refractivity contribution in [3.05, 3.63) is 36.4 Å². The molecule has 0 radical (unpaired) electrons. The van der Waals surface area contributed by atoms with Gasteiger partial charge in [-0.2, -0.15) is 4.98 Å². The van der Waals surface area contributed by atoms with Gasteiger partial charge in [-0.1, -0.05) is 69.2 Å². The SMILES string of the molecule is CCCCCCCCCCn1ccc2ccc(-c3noc(C4CCCN4C(=N)N)n3)cc21. The number of aromatic nitrogens is 3. The van der Waals surface area contributed by atoms with Gasteiger partial charge in [-0.05, 0) is 36.8 Å². The Bertz CT molecular complexity index is 1020. The van der Waals surface area contributed by atoms with Crippen LogP contribution in [0.4, 0.5) is 0 Å². The number of benzene rings is 1. The van der Waals surface area contributed by atoms with Crippen molar-refractivity contribution in [1.82, 2.24) is 19.6 Å². The Balaban J connectivity index is 1.39. The van der Waals surface area contributed by atoms with Gasteiger partial charge in [-0.25, -0.2) is 0 Å². The summed E-state index contributed by atoms with van der Waals surface area (Å²) < 4.78 is 7.91. The van der Waals surface area contributed by atoms with Crippen molar-refractivity contribution < 1.29 is 4.52 Å². The zero-order valence-corrected chi connectivity index (χ0v) is 19.2. The topological polar surface area (TPSA) is 97.0 Å². The molecule has 0 aliphatic carbocycles. The molecule has 0 amide bonds. The normalized spacial score (nSPS) is 16.3. The van der Waals surface area contributed by atoms with Gasteiger partial charge in [-0.15, -0.1) is 0 Å². The molecule has 4 rings (SSSR count). The second-order valence-corrected chi connectivity index (χ2v) is 8.95. The maximum atomic E-state index is 7.77. The fourth-order valence-electron chi connectivity index (χ4n) is 4.73. The van der Waals surface area contributed by atoms with E-state index in [-0.39, 0.29) is 12.0 Å². The lowest BCUT2D eigenvalue weighted by molar-refractivity contribution is 0.283. The Morgan fingerprint density at radius 3 is 2.69 bits per heavy atom. The van der Waals surface area contributed by atoms with E-state index in [1.54, 1.807) is 0 Å². The smallest absolute Gasteiger partial charge is 0.249 e. The van der Waals surface area contributed by atoms with Crippen molar-refractivity contribution >= 4 is 16.9 Å². The van der Waals surface area contributed by atoms with E-state index in [1.165, 1.54) is 62.3 Å². The number of nitrogens with one attached hydrogen (secondary N) is 1. The van der Waals surface area contributed by atoms with Gasteiger partial charge < -0.3 is 19.7 Å². The van der Waals surface area contributed by atoms with Crippen LogP contribution < -0.4 is 5.73 Å². The first kappa shape index (κ1) is 22.4. The number of hydrogen-bond acceptors (Lipinski definition) is 4. The van der Waals surface area contributed by atoms with Crippen molar-refractivity contribution in [1.29, 1.82) is 5.41 Å². The molecule has 3 N–H and O–H groups in total. The van der Waals surface area contributed by atoms with Crippen LogP contribution in [0.1, 0.15) is 83.1 Å². The quantitative estimate of drug-likeness (QED) is 0.223. The van der Waals surface area contributed by atoms with Gasteiger partial charge in [0.2, 0.25) is 11.7 Å². The van der Waals surface area contributed by atoms with Crippen LogP contribution in [-0.4, -0.2) is 32.1 Å². The summed E-state index contributed by atoms with van der Waals surface area (Å²) in [6.45, 7) is 4.06. The number of hydrogen-bond donors (Lipinski definition) is 2. The van der Waals surface area contributed by atoms with Gasteiger partial charge in [0.1, 0.15) is 6.04 Å². The maximum absolute atomic E-state index is 7.77. The first-order valence-corrected chi connectivity index (χ1v) is 12.2. The van der Waals surface area contributed by atoms with Crippen molar-refractivity contribution in [2.45, 2.75) is 83.7 Å². The zero-order chi connectivity index (χ0) is 22.3. The van der Waals surface area contributed by atoms with Crippen molar-refractivity contribution in [3.63, 3.8) is 0 Å². The highest BCUT2D eigenvalue weighted by molar-refractivity contribution is 5.84. The highest BCUT2D eigenvalue weighted by atomic mass is 16.5. The molecule has 7 heteroatoms. The average molecular weight is 437 g/mol. The van der Waals surface area contributed by atoms with E-state index < -0.39 is 0 Å². The summed E-state index contributed by atoms with van der Waals surface area (Å²) in [5, 5.41) is 13.2. The molecular formula is C25H36N6O. The molecule has 32 heavy (non-hydrogen) atoms. The molecule has 1 fully saturated rings. The average Bonchev–Trinajstić information content (AvgIpc) is 3.54. The summed E-state index contributed by atoms with van der Waals surface area (Å²) >= 11 is 0. The monoisotopic (exact) mass is 436 g/mol. The number of nitrogens with zero attached hydrogens (tertiary/aromatic N) is 4. The molecule has 1 aliphatic heterocycles. The van der Waals surface area contributed by atoms with Crippen LogP contribution in [0.2, 0.25) is 0 Å². The fourth-order valence-corrected chi connectivity index (χ4v) is 4.73. The number of unbranched alkanes of at least 4 members (excludes halogenated alkanes) is 7. The molecule has 0 spiro atoms. The molecule has 1 unspecified atom stereocenters. The lowest BCUT2D eigenvalue weighted by Crippen LogP contribution is -2.35. The van der Waals surface area contributed by atoms with Crippen molar-refractivity contribution in [2.24, 2.45) is 5.73 Å². The Morgan fingerprint density at radius 2 is 1.91 bits per heavy atom. The highest BCUT2D eigenvalue weighted by Crippen LogP contribution is 2.32. The van der Waals surface area contributed by atoms with Gasteiger partial charge >= 0.3 is 0 Å². The van der Waals surface area contributed by atoms with Gasteiger partial charge in [0, 0.05) is 30.4 Å². The van der Waals surface area contributed by atoms with E-state index in [1.807, 2.05) is 4.90 Å². The highest BCUT2D eigenvalue weighted by Gasteiger charge is 2.31. The van der Waals surface area contributed by atoms with Crippen LogP contribution in [0.25, 0.3) is 22.3 Å². The summed E-state index contributed by atoms with van der Waals surface area (Å²) in [6.07, 6.45) is 14.7. The third-order valence-electron chi connectivity index (χ3n) is 6.57.